The van der Waals surface area contributed by atoms with Crippen LogP contribution in [0.2, 0.25) is 0 Å². The molecule has 0 radical (unpaired) electrons. The molecule has 0 aliphatic carbocycles. The van der Waals surface area contributed by atoms with Gasteiger partial charge < -0.3 is 10.6 Å². The van der Waals surface area contributed by atoms with Crippen molar-refractivity contribution in [2.45, 2.75) is 17.6 Å². The molecule has 9 heteroatoms. The van der Waals surface area contributed by atoms with E-state index in [0.717, 1.165) is 11.3 Å². The highest BCUT2D eigenvalue weighted by Crippen LogP contribution is 2.21. The number of sulfonamides is 1. The third-order valence-electron chi connectivity index (χ3n) is 3.36. The highest BCUT2D eigenvalue weighted by molar-refractivity contribution is 7.91. The van der Waals surface area contributed by atoms with E-state index in [9.17, 15) is 18.0 Å². The van der Waals surface area contributed by atoms with Gasteiger partial charge in [-0.15, -0.1) is 11.3 Å². The molecular formula is C12H17N3O4S2. The standard InChI is InChI=1S/C12H17N3O4S2/c1-2-15-6-8(3-10(15)16)5-14-21(18,19)11-4-9(7-20-11)12(13)17/h4,7-8,14H,2-3,5-6H2,1H3,(H2,13,17). The zero-order valence-electron chi connectivity index (χ0n) is 11.5. The van der Waals surface area contributed by atoms with Gasteiger partial charge in [-0.25, -0.2) is 13.1 Å². The highest BCUT2D eigenvalue weighted by atomic mass is 32.2. The highest BCUT2D eigenvalue weighted by Gasteiger charge is 2.29. The summed E-state index contributed by atoms with van der Waals surface area (Å²) in [6.07, 6.45) is 0.355. The predicted octanol–water partition coefficient (Wildman–Crippen LogP) is -0.00630. The lowest BCUT2D eigenvalue weighted by atomic mass is 10.1. The minimum absolute atomic E-state index is 0.0252. The van der Waals surface area contributed by atoms with Gasteiger partial charge in [0.1, 0.15) is 4.21 Å². The minimum Gasteiger partial charge on any atom is -0.366 e. The molecule has 2 heterocycles. The van der Waals surface area contributed by atoms with E-state index < -0.39 is 15.9 Å². The number of amides is 2. The lowest BCUT2D eigenvalue weighted by molar-refractivity contribution is -0.127. The first kappa shape index (κ1) is 15.9. The van der Waals surface area contributed by atoms with Gasteiger partial charge in [0.25, 0.3) is 0 Å². The summed E-state index contributed by atoms with van der Waals surface area (Å²) in [5.74, 6) is -0.635. The molecule has 21 heavy (non-hydrogen) atoms. The van der Waals surface area contributed by atoms with Crippen LogP contribution >= 0.6 is 11.3 Å². The molecule has 1 atom stereocenters. The molecule has 1 aromatic rings. The van der Waals surface area contributed by atoms with Crippen LogP contribution < -0.4 is 10.5 Å². The summed E-state index contributed by atoms with van der Waals surface area (Å²) < 4.78 is 26.7. The van der Waals surface area contributed by atoms with Crippen molar-refractivity contribution in [1.82, 2.24) is 9.62 Å². The van der Waals surface area contributed by atoms with Crippen molar-refractivity contribution in [3.05, 3.63) is 17.0 Å². The monoisotopic (exact) mass is 331 g/mol. The second-order valence-electron chi connectivity index (χ2n) is 4.87. The Hall–Kier alpha value is -1.45. The molecule has 1 saturated heterocycles. The average molecular weight is 331 g/mol. The Morgan fingerprint density at radius 2 is 2.29 bits per heavy atom. The minimum atomic E-state index is -3.67. The summed E-state index contributed by atoms with van der Waals surface area (Å²) in [7, 11) is -3.67. The number of nitrogens with zero attached hydrogens (tertiary/aromatic N) is 1. The first-order chi connectivity index (χ1) is 9.83. The number of carbonyl (C=O) groups excluding carboxylic acids is 2. The number of nitrogens with one attached hydrogen (secondary N) is 1. The van der Waals surface area contributed by atoms with E-state index in [-0.39, 0.29) is 28.1 Å². The summed E-state index contributed by atoms with van der Waals surface area (Å²) in [6, 6.07) is 1.26. The Morgan fingerprint density at radius 3 is 2.81 bits per heavy atom. The third-order valence-corrected chi connectivity index (χ3v) is 6.23. The maximum Gasteiger partial charge on any atom is 0.250 e. The molecule has 0 saturated carbocycles. The Balaban J connectivity index is 1.98. The predicted molar refractivity (Wildman–Crippen MR) is 78.4 cm³/mol. The summed E-state index contributed by atoms with van der Waals surface area (Å²) >= 11 is 0.944. The van der Waals surface area contributed by atoms with Crippen LogP contribution in [0.15, 0.2) is 15.7 Å². The second-order valence-corrected chi connectivity index (χ2v) is 7.78. The van der Waals surface area contributed by atoms with E-state index in [0.29, 0.717) is 19.5 Å². The number of carbonyl (C=O) groups is 2. The van der Waals surface area contributed by atoms with Crippen molar-refractivity contribution in [3.8, 4) is 0 Å². The van der Waals surface area contributed by atoms with E-state index in [1.165, 1.54) is 11.4 Å². The fourth-order valence-electron chi connectivity index (χ4n) is 2.18. The maximum atomic E-state index is 12.1. The van der Waals surface area contributed by atoms with Crippen molar-refractivity contribution in [3.63, 3.8) is 0 Å². The van der Waals surface area contributed by atoms with Gasteiger partial charge in [0.05, 0.1) is 5.56 Å². The number of hydrogen-bond donors (Lipinski definition) is 2. The Bertz CT molecular complexity index is 653. The third kappa shape index (κ3) is 3.60. The first-order valence-electron chi connectivity index (χ1n) is 6.49. The van der Waals surface area contributed by atoms with Gasteiger partial charge >= 0.3 is 0 Å². The van der Waals surface area contributed by atoms with Crippen LogP contribution in [-0.4, -0.2) is 44.8 Å². The van der Waals surface area contributed by atoms with Crippen molar-refractivity contribution in [2.24, 2.45) is 11.7 Å². The van der Waals surface area contributed by atoms with Crippen LogP contribution in [0.25, 0.3) is 0 Å². The number of likely N-dealkylation sites (tertiary alicyclic amines) is 1. The lowest BCUT2D eigenvalue weighted by Crippen LogP contribution is -2.31. The van der Waals surface area contributed by atoms with Crippen LogP contribution in [0.5, 0.6) is 0 Å². The molecule has 7 nitrogen and oxygen atoms in total. The van der Waals surface area contributed by atoms with Crippen molar-refractivity contribution in [1.29, 1.82) is 0 Å². The van der Waals surface area contributed by atoms with Crippen LogP contribution in [0.1, 0.15) is 23.7 Å². The van der Waals surface area contributed by atoms with E-state index >= 15 is 0 Å². The van der Waals surface area contributed by atoms with Crippen molar-refractivity contribution in [2.75, 3.05) is 19.6 Å². The number of rotatable bonds is 6. The smallest absolute Gasteiger partial charge is 0.250 e. The normalized spacial score (nSPS) is 19.2. The molecule has 1 aliphatic rings. The molecule has 1 unspecified atom stereocenters. The molecule has 1 fully saturated rings. The van der Waals surface area contributed by atoms with E-state index in [2.05, 4.69) is 4.72 Å². The van der Waals surface area contributed by atoms with E-state index in [4.69, 9.17) is 5.73 Å². The molecule has 2 rings (SSSR count). The van der Waals surface area contributed by atoms with E-state index in [1.54, 1.807) is 4.90 Å². The number of thiophene rings is 1. The Labute approximate surface area is 127 Å². The van der Waals surface area contributed by atoms with Gasteiger partial charge in [-0.1, -0.05) is 0 Å². The fraction of sp³-hybridized carbons (Fsp3) is 0.500. The zero-order valence-corrected chi connectivity index (χ0v) is 13.2. The molecule has 3 N–H and O–H groups in total. The number of hydrogen-bond acceptors (Lipinski definition) is 5. The zero-order chi connectivity index (χ0) is 15.6. The average Bonchev–Trinajstić information content (AvgIpc) is 3.03. The summed E-state index contributed by atoms with van der Waals surface area (Å²) in [4.78, 5) is 24.3. The maximum absolute atomic E-state index is 12.1. The topological polar surface area (TPSA) is 110 Å². The molecule has 0 spiro atoms. The van der Waals surface area contributed by atoms with Gasteiger partial charge in [0, 0.05) is 31.4 Å². The molecule has 0 bridgehead atoms. The van der Waals surface area contributed by atoms with E-state index in [1.807, 2.05) is 6.92 Å². The summed E-state index contributed by atoms with van der Waals surface area (Å²) in [5, 5.41) is 1.41. The molecule has 0 aromatic carbocycles. The van der Waals surface area contributed by atoms with Crippen LogP contribution in [0.4, 0.5) is 0 Å². The van der Waals surface area contributed by atoms with Crippen LogP contribution in [-0.2, 0) is 14.8 Å². The number of primary amides is 1. The first-order valence-corrected chi connectivity index (χ1v) is 8.85. The number of nitrogens with two attached hydrogens (primary N) is 1. The largest absolute Gasteiger partial charge is 0.366 e. The van der Waals surface area contributed by atoms with Gasteiger partial charge in [-0.2, -0.15) is 0 Å². The fourth-order valence-corrected chi connectivity index (χ4v) is 4.51. The summed E-state index contributed by atoms with van der Waals surface area (Å²) in [5.41, 5.74) is 5.27. The summed E-state index contributed by atoms with van der Waals surface area (Å²) in [6.45, 7) is 3.29. The second kappa shape index (κ2) is 6.12. The lowest BCUT2D eigenvalue weighted by Gasteiger charge is -2.13. The van der Waals surface area contributed by atoms with Gasteiger partial charge in [-0.3, -0.25) is 9.59 Å². The Morgan fingerprint density at radius 1 is 1.57 bits per heavy atom. The van der Waals surface area contributed by atoms with Gasteiger partial charge in [0.15, 0.2) is 0 Å². The SMILES string of the molecule is CCN1CC(CNS(=O)(=O)c2cc(C(N)=O)cs2)CC1=O. The van der Waals surface area contributed by atoms with Crippen molar-refractivity contribution < 1.29 is 18.0 Å². The quantitative estimate of drug-likeness (QED) is 0.764. The van der Waals surface area contributed by atoms with Gasteiger partial charge in [-0.05, 0) is 18.9 Å². The van der Waals surface area contributed by atoms with Crippen molar-refractivity contribution >= 4 is 33.2 Å². The van der Waals surface area contributed by atoms with Gasteiger partial charge in [0.2, 0.25) is 21.8 Å². The molecule has 1 aromatic heterocycles. The molecule has 1 aliphatic heterocycles. The molecular weight excluding hydrogens is 314 g/mol. The van der Waals surface area contributed by atoms with Crippen LogP contribution in [0.3, 0.4) is 0 Å². The molecule has 2 amide bonds. The molecule has 116 valence electrons. The Kier molecular flexibility index (Phi) is 4.64. The van der Waals surface area contributed by atoms with Crippen LogP contribution in [0, 0.1) is 5.92 Å².